The molecule has 5 rings (SSSR count). The molecule has 0 fully saturated rings. The Morgan fingerprint density at radius 2 is 1.76 bits per heavy atom. The Balaban J connectivity index is 1.65. The highest BCUT2D eigenvalue weighted by Gasteiger charge is 2.40. The number of benzene rings is 3. The van der Waals surface area contributed by atoms with Gasteiger partial charge in [-0.3, -0.25) is 0 Å². The summed E-state index contributed by atoms with van der Waals surface area (Å²) < 4.78 is 55.0. The molecule has 0 unspecified atom stereocenters. The van der Waals surface area contributed by atoms with Crippen molar-refractivity contribution in [2.45, 2.75) is 16.3 Å². The van der Waals surface area contributed by atoms with Crippen molar-refractivity contribution >= 4 is 32.8 Å². The second kappa shape index (κ2) is 9.79. The number of rotatable bonds is 7. The molecule has 3 aromatic rings. The molecule has 0 radical (unpaired) electrons. The molecule has 2 heterocycles. The van der Waals surface area contributed by atoms with Gasteiger partial charge in [-0.25, -0.2) is 17.5 Å². The molecule has 12 heteroatoms. The van der Waals surface area contributed by atoms with Crippen molar-refractivity contribution in [3.8, 4) is 23.0 Å². The molecular formula is C25H21NO9S2. The normalized spacial score (nSPS) is 15.2. The average Bonchev–Trinajstić information content (AvgIpc) is 3.36. The third-order valence-corrected chi connectivity index (χ3v) is 8.52. The van der Waals surface area contributed by atoms with E-state index < -0.39 is 16.2 Å². The van der Waals surface area contributed by atoms with E-state index in [1.165, 1.54) is 20.3 Å². The van der Waals surface area contributed by atoms with E-state index in [2.05, 4.69) is 0 Å². The van der Waals surface area contributed by atoms with Crippen LogP contribution in [-0.2, 0) is 21.3 Å². The minimum Gasteiger partial charge on any atom is -0.493 e. The van der Waals surface area contributed by atoms with Gasteiger partial charge in [0.1, 0.15) is 0 Å². The van der Waals surface area contributed by atoms with Crippen molar-refractivity contribution in [2.24, 2.45) is 0 Å². The number of fused-ring (bicyclic) bond motifs is 2. The maximum absolute atomic E-state index is 13.7. The third kappa shape index (κ3) is 4.60. The molecule has 2 aliphatic heterocycles. The highest BCUT2D eigenvalue weighted by molar-refractivity contribution is 8.08. The molecular weight excluding hydrogens is 522 g/mol. The van der Waals surface area contributed by atoms with Crippen molar-refractivity contribution in [2.75, 3.05) is 21.0 Å². The molecule has 192 valence electrons. The third-order valence-electron chi connectivity index (χ3n) is 5.64. The summed E-state index contributed by atoms with van der Waals surface area (Å²) in [5.74, 6) is 1.65. The predicted molar refractivity (Wildman–Crippen MR) is 133 cm³/mol. The van der Waals surface area contributed by atoms with Crippen LogP contribution >= 0.6 is 11.8 Å². The van der Waals surface area contributed by atoms with Crippen molar-refractivity contribution in [1.29, 1.82) is 0 Å². The van der Waals surface area contributed by atoms with Gasteiger partial charge in [-0.05, 0) is 42.0 Å². The number of ether oxygens (including phenoxy) is 5. The zero-order chi connectivity index (χ0) is 26.2. The molecule has 0 saturated heterocycles. The molecule has 0 saturated carbocycles. The van der Waals surface area contributed by atoms with Crippen LogP contribution in [0.1, 0.15) is 11.1 Å². The Morgan fingerprint density at radius 1 is 1.00 bits per heavy atom. The lowest BCUT2D eigenvalue weighted by Gasteiger charge is -2.32. The second-order valence-corrected chi connectivity index (χ2v) is 10.7. The lowest BCUT2D eigenvalue weighted by Crippen LogP contribution is -2.35. The van der Waals surface area contributed by atoms with Crippen molar-refractivity contribution in [3.05, 3.63) is 77.7 Å². The van der Waals surface area contributed by atoms with E-state index in [1.807, 2.05) is 0 Å². The quantitative estimate of drug-likeness (QED) is 0.418. The van der Waals surface area contributed by atoms with E-state index in [1.54, 1.807) is 54.6 Å². The van der Waals surface area contributed by atoms with E-state index in [9.17, 15) is 18.3 Å². The van der Waals surface area contributed by atoms with Gasteiger partial charge >= 0.3 is 6.16 Å². The Hall–Kier alpha value is -4.03. The van der Waals surface area contributed by atoms with Gasteiger partial charge in [0.25, 0.3) is 10.0 Å². The van der Waals surface area contributed by atoms with Crippen molar-refractivity contribution in [3.63, 3.8) is 0 Å². The van der Waals surface area contributed by atoms with Gasteiger partial charge in [0.2, 0.25) is 12.7 Å². The van der Waals surface area contributed by atoms with Gasteiger partial charge in [-0.1, -0.05) is 36.0 Å². The zero-order valence-corrected chi connectivity index (χ0v) is 21.3. The number of hydrogen-bond donors (Lipinski definition) is 1. The van der Waals surface area contributed by atoms with E-state index in [-0.39, 0.29) is 24.1 Å². The fraction of sp³-hybridized carbons (Fsp3) is 0.160. The van der Waals surface area contributed by atoms with Crippen LogP contribution in [-0.4, -0.2) is 45.0 Å². The van der Waals surface area contributed by atoms with E-state index in [0.717, 1.165) is 16.1 Å². The molecule has 3 aromatic carbocycles. The molecule has 0 atom stereocenters. The minimum atomic E-state index is -4.18. The SMILES string of the molecule is COc1ccc(SC2=C(OC(=O)O)N(Cc3ccc4c(c3)OCO4)S(=O)(=O)c3ccccc32)cc1OC. The van der Waals surface area contributed by atoms with Crippen LogP contribution in [0.5, 0.6) is 23.0 Å². The van der Waals surface area contributed by atoms with Gasteiger partial charge in [0.15, 0.2) is 23.0 Å². The maximum Gasteiger partial charge on any atom is 0.512 e. The van der Waals surface area contributed by atoms with Crippen LogP contribution in [0.25, 0.3) is 4.91 Å². The van der Waals surface area contributed by atoms with Crippen LogP contribution < -0.4 is 18.9 Å². The van der Waals surface area contributed by atoms with Gasteiger partial charge in [-0.2, -0.15) is 0 Å². The smallest absolute Gasteiger partial charge is 0.493 e. The number of methoxy groups -OCH3 is 2. The summed E-state index contributed by atoms with van der Waals surface area (Å²) in [5, 5.41) is 9.57. The number of nitrogens with zero attached hydrogens (tertiary/aromatic N) is 1. The summed E-state index contributed by atoms with van der Waals surface area (Å²) in [6, 6.07) is 16.5. The highest BCUT2D eigenvalue weighted by atomic mass is 32.2. The molecule has 0 bridgehead atoms. The summed E-state index contributed by atoms with van der Waals surface area (Å²) in [6.07, 6.45) is -1.65. The molecule has 37 heavy (non-hydrogen) atoms. The summed E-state index contributed by atoms with van der Waals surface area (Å²) >= 11 is 1.15. The lowest BCUT2D eigenvalue weighted by atomic mass is 10.2. The molecule has 0 aliphatic carbocycles. The monoisotopic (exact) mass is 543 g/mol. The van der Waals surface area contributed by atoms with Crippen LogP contribution in [0, 0.1) is 0 Å². The summed E-state index contributed by atoms with van der Waals surface area (Å²) in [5.41, 5.74) is 0.870. The zero-order valence-electron chi connectivity index (χ0n) is 19.7. The van der Waals surface area contributed by atoms with E-state index in [0.29, 0.717) is 43.9 Å². The van der Waals surface area contributed by atoms with Crippen LogP contribution in [0.4, 0.5) is 4.79 Å². The summed E-state index contributed by atoms with van der Waals surface area (Å²) in [6.45, 7) is -0.139. The first-order chi connectivity index (χ1) is 17.8. The predicted octanol–water partition coefficient (Wildman–Crippen LogP) is 4.75. The Bertz CT molecular complexity index is 1520. The van der Waals surface area contributed by atoms with Crippen molar-refractivity contribution < 1.29 is 42.0 Å². The Morgan fingerprint density at radius 3 is 2.51 bits per heavy atom. The average molecular weight is 544 g/mol. The number of sulfonamides is 1. The number of carboxylic acid groups (broad SMARTS) is 1. The first-order valence-electron chi connectivity index (χ1n) is 10.9. The molecule has 2 aliphatic rings. The molecule has 10 nitrogen and oxygen atoms in total. The second-order valence-electron chi connectivity index (χ2n) is 7.82. The number of carbonyl (C=O) groups is 1. The molecule has 1 N–H and O–H groups in total. The van der Waals surface area contributed by atoms with Gasteiger partial charge < -0.3 is 28.8 Å². The van der Waals surface area contributed by atoms with Crippen LogP contribution in [0.3, 0.4) is 0 Å². The Labute approximate surface area is 217 Å². The Kier molecular flexibility index (Phi) is 6.52. The van der Waals surface area contributed by atoms with Gasteiger partial charge in [0.05, 0.1) is 30.6 Å². The topological polar surface area (TPSA) is 121 Å². The lowest BCUT2D eigenvalue weighted by molar-refractivity contribution is 0.101. The first kappa shape index (κ1) is 24.7. The van der Waals surface area contributed by atoms with Crippen LogP contribution in [0.2, 0.25) is 0 Å². The fourth-order valence-corrected chi connectivity index (χ4v) is 6.76. The van der Waals surface area contributed by atoms with Crippen molar-refractivity contribution in [1.82, 2.24) is 4.31 Å². The molecule has 0 aromatic heterocycles. The first-order valence-corrected chi connectivity index (χ1v) is 13.1. The number of hydrogen-bond acceptors (Lipinski definition) is 9. The standard InChI is InChI=1S/C25H21NO9S2/c1-31-18-10-8-16(12-20(18)32-2)36-23-17-5-3-4-6-22(17)37(29,30)26(24(23)35-25(27)28)13-15-7-9-19-21(11-15)34-14-33-19/h3-12H,13-14H2,1-2H3,(H,27,28). The maximum atomic E-state index is 13.7. The van der Waals surface area contributed by atoms with E-state index in [4.69, 9.17) is 23.7 Å². The molecule has 0 spiro atoms. The summed E-state index contributed by atoms with van der Waals surface area (Å²) in [7, 11) is -1.17. The van der Waals surface area contributed by atoms with E-state index >= 15 is 0 Å². The van der Waals surface area contributed by atoms with Crippen LogP contribution in [0.15, 0.2) is 76.3 Å². The summed E-state index contributed by atoms with van der Waals surface area (Å²) in [4.78, 5) is 12.7. The van der Waals surface area contributed by atoms with Gasteiger partial charge in [0, 0.05) is 10.5 Å². The molecule has 0 amide bonds. The minimum absolute atomic E-state index is 0.0245. The number of thioether (sulfide) groups is 1. The highest BCUT2D eigenvalue weighted by Crippen LogP contribution is 2.47. The fourth-order valence-electron chi connectivity index (χ4n) is 3.97. The van der Waals surface area contributed by atoms with Gasteiger partial charge in [-0.15, -0.1) is 0 Å². The largest absolute Gasteiger partial charge is 0.512 e.